The zero-order chi connectivity index (χ0) is 16.1. The summed E-state index contributed by atoms with van der Waals surface area (Å²) in [5.41, 5.74) is 1.74. The lowest BCUT2D eigenvalue weighted by Crippen LogP contribution is -2.95. The Hall–Kier alpha value is -1.05. The number of aliphatic hydroxyl groups excluding tert-OH is 4. The number of aliphatic imine (C=N–C) groups is 1. The minimum atomic E-state index is -2.52. The van der Waals surface area contributed by atoms with Crippen LogP contribution in [0.2, 0.25) is 0 Å². The first-order valence-corrected chi connectivity index (χ1v) is 6.77. The first-order valence-electron chi connectivity index (χ1n) is 6.77. The molecule has 11 heteroatoms. The van der Waals surface area contributed by atoms with Gasteiger partial charge in [-0.3, -0.25) is 0 Å². The maximum Gasteiger partial charge on any atom is 0.311 e. The molecule has 0 aromatic rings. The van der Waals surface area contributed by atoms with Crippen LogP contribution in [0.5, 0.6) is 0 Å². The molecule has 1 spiro atoms. The van der Waals surface area contributed by atoms with Crippen LogP contribution in [0.4, 0.5) is 0 Å². The zero-order valence-corrected chi connectivity index (χ0v) is 11.2. The van der Waals surface area contributed by atoms with Crippen LogP contribution < -0.4 is 11.1 Å². The molecule has 5 aliphatic rings. The number of guanidine groups is 1. The summed E-state index contributed by atoms with van der Waals surface area (Å²) in [4.78, 5) is 3.70. The second kappa shape index (κ2) is 3.88. The van der Waals surface area contributed by atoms with Gasteiger partial charge >= 0.3 is 5.97 Å². The Bertz CT molecular complexity index is 561. The van der Waals surface area contributed by atoms with Gasteiger partial charge in [-0.2, -0.15) is 0 Å². The highest BCUT2D eigenvalue weighted by Gasteiger charge is 2.82. The molecule has 1 saturated carbocycles. The van der Waals surface area contributed by atoms with Crippen molar-refractivity contribution in [1.29, 1.82) is 0 Å². The lowest BCUT2D eigenvalue weighted by atomic mass is 9.55. The maximum atomic E-state index is 10.6. The van der Waals surface area contributed by atoms with E-state index in [-0.39, 0.29) is 5.96 Å². The van der Waals surface area contributed by atoms with Crippen LogP contribution in [0, 0.1) is 5.92 Å². The fraction of sp³-hybridized carbons (Fsp3) is 0.909. The van der Waals surface area contributed by atoms with E-state index in [9.17, 15) is 30.6 Å². The summed E-state index contributed by atoms with van der Waals surface area (Å²) >= 11 is 0. The van der Waals surface area contributed by atoms with Crippen LogP contribution in [0.1, 0.15) is 0 Å². The molecular formula is C11H17N3O8. The SMILES string of the molecule is NC1=N[C@H](O)[C@@H]2[C@H]3O[C@@]4(O)O[C@@H]([C@H](O)[C@@]2(N1)[C@@H]4O)[C@]3(O)CO. The zero-order valence-electron chi connectivity index (χ0n) is 11.2. The van der Waals surface area contributed by atoms with Crippen molar-refractivity contribution >= 4 is 5.96 Å². The molecule has 9 atom stereocenters. The van der Waals surface area contributed by atoms with E-state index in [0.29, 0.717) is 0 Å². The van der Waals surface area contributed by atoms with E-state index >= 15 is 0 Å². The molecule has 4 heterocycles. The van der Waals surface area contributed by atoms with E-state index in [1.165, 1.54) is 0 Å². The van der Waals surface area contributed by atoms with Gasteiger partial charge in [0.15, 0.2) is 18.3 Å². The van der Waals surface area contributed by atoms with Gasteiger partial charge in [0, 0.05) is 0 Å². The van der Waals surface area contributed by atoms with Crippen molar-refractivity contribution in [2.45, 2.75) is 47.8 Å². The van der Waals surface area contributed by atoms with Gasteiger partial charge in [-0.25, -0.2) is 4.99 Å². The predicted molar refractivity (Wildman–Crippen MR) is 65.7 cm³/mol. The smallest absolute Gasteiger partial charge is 0.311 e. The summed E-state index contributed by atoms with van der Waals surface area (Å²) in [6.45, 7) is -0.857. The number of nitrogens with two attached hydrogens (primary N) is 1. The summed E-state index contributed by atoms with van der Waals surface area (Å²) in [5, 5.41) is 64.3. The topological polar surface area (TPSA) is 190 Å². The summed E-state index contributed by atoms with van der Waals surface area (Å²) in [7, 11) is 0. The van der Waals surface area contributed by atoms with Gasteiger partial charge in [-0.15, -0.1) is 0 Å². The fourth-order valence-corrected chi connectivity index (χ4v) is 4.24. The van der Waals surface area contributed by atoms with Gasteiger partial charge in [0.05, 0.1) is 12.5 Å². The Labute approximate surface area is 123 Å². The van der Waals surface area contributed by atoms with E-state index in [0.717, 1.165) is 0 Å². The van der Waals surface area contributed by atoms with Gasteiger partial charge in [0.1, 0.15) is 29.5 Å². The number of rotatable bonds is 1. The molecule has 0 unspecified atom stereocenters. The summed E-state index contributed by atoms with van der Waals surface area (Å²) in [6, 6.07) is 0. The van der Waals surface area contributed by atoms with Crippen molar-refractivity contribution in [3.8, 4) is 0 Å². The molecule has 0 amide bonds. The van der Waals surface area contributed by atoms with Crippen molar-refractivity contribution in [2.24, 2.45) is 16.6 Å². The normalized spacial score (nSPS) is 62.4. The monoisotopic (exact) mass is 319 g/mol. The molecule has 1 aliphatic carbocycles. The third-order valence-electron chi connectivity index (χ3n) is 5.22. The third-order valence-corrected chi connectivity index (χ3v) is 5.22. The average molecular weight is 319 g/mol. The number of hydrogen-bond donors (Lipinski definition) is 8. The molecule has 11 nitrogen and oxygen atoms in total. The number of aliphatic hydroxyl groups is 6. The largest absolute Gasteiger partial charge is 0.393 e. The van der Waals surface area contributed by atoms with Gasteiger partial charge < -0.3 is 51.2 Å². The van der Waals surface area contributed by atoms with E-state index in [4.69, 9.17) is 15.2 Å². The molecular weight excluding hydrogens is 302 g/mol. The van der Waals surface area contributed by atoms with Gasteiger partial charge in [0.25, 0.3) is 0 Å². The standard InChI is InChI=1S/C11H17N3O8/c12-8-13-6(17)2-4-9(19,1-15)5-3(16)10(2,14-8)7(18)11(20,21-4)22-5/h2-7,15-20H,1H2,(H3,12,13,14)/t2-,3-,4+,5-,6+,7-,9-,10+,11+/m0/s1. The molecule has 9 N–H and O–H groups in total. The number of ether oxygens (including phenoxy) is 2. The lowest BCUT2D eigenvalue weighted by molar-refractivity contribution is -0.548. The highest BCUT2D eigenvalue weighted by atomic mass is 16.9. The molecule has 0 aromatic heterocycles. The molecule has 0 aromatic carbocycles. The predicted octanol–water partition coefficient (Wildman–Crippen LogP) is -5.52. The Kier molecular flexibility index (Phi) is 2.57. The van der Waals surface area contributed by atoms with Crippen LogP contribution in [0.15, 0.2) is 4.99 Å². The number of nitrogens with zero attached hydrogens (tertiary/aromatic N) is 1. The Morgan fingerprint density at radius 1 is 1.18 bits per heavy atom. The Balaban J connectivity index is 1.95. The van der Waals surface area contributed by atoms with Crippen LogP contribution >= 0.6 is 0 Å². The molecule has 4 bridgehead atoms. The molecule has 124 valence electrons. The van der Waals surface area contributed by atoms with Crippen molar-refractivity contribution < 1.29 is 40.1 Å². The minimum Gasteiger partial charge on any atom is -0.393 e. The van der Waals surface area contributed by atoms with E-state index in [2.05, 4.69) is 10.3 Å². The number of nitrogens with one attached hydrogen (secondary N) is 1. The molecule has 4 fully saturated rings. The summed E-state index contributed by atoms with van der Waals surface area (Å²) < 4.78 is 10.3. The van der Waals surface area contributed by atoms with Crippen molar-refractivity contribution in [3.05, 3.63) is 0 Å². The summed E-state index contributed by atoms with van der Waals surface area (Å²) in [6.07, 6.45) is -7.77. The highest BCUT2D eigenvalue weighted by molar-refractivity contribution is 5.80. The lowest BCUT2D eigenvalue weighted by Gasteiger charge is -2.71. The van der Waals surface area contributed by atoms with E-state index < -0.39 is 60.3 Å². The molecule has 5 rings (SSSR count). The quantitative estimate of drug-likeness (QED) is 0.231. The van der Waals surface area contributed by atoms with E-state index in [1.54, 1.807) is 0 Å². The first-order chi connectivity index (χ1) is 10.2. The van der Waals surface area contributed by atoms with Crippen LogP contribution in [0.25, 0.3) is 0 Å². The van der Waals surface area contributed by atoms with Crippen LogP contribution in [-0.4, -0.2) is 91.0 Å². The minimum absolute atomic E-state index is 0.250. The second-order valence-corrected chi connectivity index (χ2v) is 6.22. The Morgan fingerprint density at radius 2 is 1.82 bits per heavy atom. The van der Waals surface area contributed by atoms with Crippen molar-refractivity contribution in [1.82, 2.24) is 5.32 Å². The fourth-order valence-electron chi connectivity index (χ4n) is 4.24. The molecule has 3 saturated heterocycles. The van der Waals surface area contributed by atoms with Gasteiger partial charge in [-0.1, -0.05) is 0 Å². The average Bonchev–Trinajstić information content (AvgIpc) is 2.45. The van der Waals surface area contributed by atoms with Crippen LogP contribution in [0.3, 0.4) is 0 Å². The third kappa shape index (κ3) is 1.28. The first kappa shape index (κ1) is 14.5. The highest BCUT2D eigenvalue weighted by Crippen LogP contribution is 2.58. The Morgan fingerprint density at radius 3 is 2.45 bits per heavy atom. The molecule has 4 aliphatic heterocycles. The van der Waals surface area contributed by atoms with Gasteiger partial charge in [0.2, 0.25) is 0 Å². The van der Waals surface area contributed by atoms with Crippen LogP contribution in [-0.2, 0) is 9.47 Å². The van der Waals surface area contributed by atoms with Gasteiger partial charge in [-0.05, 0) is 0 Å². The van der Waals surface area contributed by atoms with Crippen molar-refractivity contribution in [2.75, 3.05) is 6.61 Å². The van der Waals surface area contributed by atoms with E-state index in [1.807, 2.05) is 0 Å². The maximum absolute atomic E-state index is 10.6. The molecule has 0 radical (unpaired) electrons. The second-order valence-electron chi connectivity index (χ2n) is 6.22. The van der Waals surface area contributed by atoms with Crippen molar-refractivity contribution in [3.63, 3.8) is 0 Å². The summed E-state index contributed by atoms with van der Waals surface area (Å²) in [5.74, 6) is -3.95. The number of hydrogen-bond acceptors (Lipinski definition) is 11. The molecule has 22 heavy (non-hydrogen) atoms.